The van der Waals surface area contributed by atoms with Crippen molar-refractivity contribution in [1.29, 1.82) is 0 Å². The van der Waals surface area contributed by atoms with Gasteiger partial charge in [0.25, 0.3) is 0 Å². The molecule has 0 fully saturated rings. The van der Waals surface area contributed by atoms with E-state index in [9.17, 15) is 0 Å². The van der Waals surface area contributed by atoms with Crippen LogP contribution in [-0.2, 0) is 0 Å². The monoisotopic (exact) mass is 201 g/mol. The summed E-state index contributed by atoms with van der Waals surface area (Å²) in [5, 5.41) is 3.15. The normalized spacial score (nSPS) is 12.7. The van der Waals surface area contributed by atoms with Crippen molar-refractivity contribution in [2.45, 2.75) is 13.0 Å². The van der Waals surface area contributed by atoms with Gasteiger partial charge in [0.1, 0.15) is 5.82 Å². The van der Waals surface area contributed by atoms with E-state index in [-0.39, 0.29) is 6.04 Å². The molecule has 1 heterocycles. The molecule has 0 saturated heterocycles. The quantitative estimate of drug-likeness (QED) is 0.800. The van der Waals surface area contributed by atoms with Crippen molar-refractivity contribution in [2.24, 2.45) is 0 Å². The fourth-order valence-electron chi connectivity index (χ4n) is 1.46. The third-order valence-corrected chi connectivity index (χ3v) is 2.52. The molecule has 0 aliphatic carbocycles. The summed E-state index contributed by atoms with van der Waals surface area (Å²) in [4.78, 5) is 7.65. The van der Waals surface area contributed by atoms with E-state index in [2.05, 4.69) is 34.3 Å². The second kappa shape index (κ2) is 4.28. The number of hydrogen-bond donors (Lipinski definition) is 2. The Balaban J connectivity index is 2.28. The van der Waals surface area contributed by atoms with Crippen molar-refractivity contribution in [3.05, 3.63) is 42.4 Å². The highest BCUT2D eigenvalue weighted by molar-refractivity contribution is 5.58. The summed E-state index contributed by atoms with van der Waals surface area (Å²) in [6.45, 7) is 2.08. The molecule has 0 aliphatic heterocycles. The van der Waals surface area contributed by atoms with E-state index in [1.807, 2.05) is 31.4 Å². The van der Waals surface area contributed by atoms with Crippen LogP contribution in [0.25, 0.3) is 11.3 Å². The Morgan fingerprint density at radius 3 is 2.67 bits per heavy atom. The first-order chi connectivity index (χ1) is 7.31. The molecule has 0 bridgehead atoms. The molecule has 1 aromatic carbocycles. The van der Waals surface area contributed by atoms with Crippen LogP contribution in [0.2, 0.25) is 0 Å². The lowest BCUT2D eigenvalue weighted by atomic mass is 10.2. The molecular formula is C12H15N3. The molecule has 0 amide bonds. The number of imidazole rings is 1. The maximum absolute atomic E-state index is 4.35. The lowest BCUT2D eigenvalue weighted by Crippen LogP contribution is -2.13. The van der Waals surface area contributed by atoms with Gasteiger partial charge in [-0.05, 0) is 19.5 Å². The standard InChI is InChI=1S/C12H15N3/c1-9(13-2)12-14-8-11(15-12)10-6-4-3-5-7-10/h3-9,13H,1-2H3,(H,14,15)/t9-/m0/s1. The zero-order valence-corrected chi connectivity index (χ0v) is 8.99. The van der Waals surface area contributed by atoms with Crippen molar-refractivity contribution in [2.75, 3.05) is 7.05 Å². The van der Waals surface area contributed by atoms with Crippen LogP contribution in [0, 0.1) is 0 Å². The number of rotatable bonds is 3. The highest BCUT2D eigenvalue weighted by Gasteiger charge is 2.07. The maximum Gasteiger partial charge on any atom is 0.123 e. The largest absolute Gasteiger partial charge is 0.341 e. The molecule has 3 heteroatoms. The van der Waals surface area contributed by atoms with E-state index in [4.69, 9.17) is 0 Å². The number of nitrogens with zero attached hydrogens (tertiary/aromatic N) is 1. The minimum Gasteiger partial charge on any atom is -0.341 e. The van der Waals surface area contributed by atoms with Gasteiger partial charge in [0.05, 0.1) is 17.9 Å². The van der Waals surface area contributed by atoms with Crippen LogP contribution in [0.4, 0.5) is 0 Å². The van der Waals surface area contributed by atoms with Gasteiger partial charge in [-0.1, -0.05) is 30.3 Å². The van der Waals surface area contributed by atoms with Crippen LogP contribution in [0.1, 0.15) is 18.8 Å². The number of aromatic nitrogens is 2. The van der Waals surface area contributed by atoms with Gasteiger partial charge >= 0.3 is 0 Å². The van der Waals surface area contributed by atoms with Gasteiger partial charge in [-0.25, -0.2) is 4.98 Å². The van der Waals surface area contributed by atoms with Crippen molar-refractivity contribution in [3.63, 3.8) is 0 Å². The molecule has 2 N–H and O–H groups in total. The average molecular weight is 201 g/mol. The van der Waals surface area contributed by atoms with Crippen LogP contribution in [0.3, 0.4) is 0 Å². The molecule has 0 unspecified atom stereocenters. The minimum absolute atomic E-state index is 0.252. The Kier molecular flexibility index (Phi) is 2.83. The first-order valence-electron chi connectivity index (χ1n) is 5.09. The summed E-state index contributed by atoms with van der Waals surface area (Å²) < 4.78 is 0. The van der Waals surface area contributed by atoms with Crippen molar-refractivity contribution >= 4 is 0 Å². The van der Waals surface area contributed by atoms with Gasteiger partial charge < -0.3 is 10.3 Å². The second-order valence-electron chi connectivity index (χ2n) is 3.56. The first kappa shape index (κ1) is 9.93. The Morgan fingerprint density at radius 1 is 1.27 bits per heavy atom. The molecule has 78 valence electrons. The topological polar surface area (TPSA) is 40.7 Å². The Bertz CT molecular complexity index is 419. The predicted molar refractivity (Wildman–Crippen MR) is 61.5 cm³/mol. The summed E-state index contributed by atoms with van der Waals surface area (Å²) >= 11 is 0. The van der Waals surface area contributed by atoms with E-state index < -0.39 is 0 Å². The lowest BCUT2D eigenvalue weighted by molar-refractivity contribution is 0.618. The molecule has 2 rings (SSSR count). The van der Waals surface area contributed by atoms with Crippen LogP contribution in [0.15, 0.2) is 36.5 Å². The summed E-state index contributed by atoms with van der Waals surface area (Å²) in [6.07, 6.45) is 1.87. The molecule has 0 spiro atoms. The third-order valence-electron chi connectivity index (χ3n) is 2.52. The van der Waals surface area contributed by atoms with Gasteiger partial charge in [-0.3, -0.25) is 0 Å². The summed E-state index contributed by atoms with van der Waals surface area (Å²) in [5.41, 5.74) is 2.23. The number of H-pyrrole nitrogens is 1. The number of hydrogen-bond acceptors (Lipinski definition) is 2. The van der Waals surface area contributed by atoms with Gasteiger partial charge in [-0.2, -0.15) is 0 Å². The Labute approximate surface area is 89.6 Å². The fourth-order valence-corrected chi connectivity index (χ4v) is 1.46. The lowest BCUT2D eigenvalue weighted by Gasteiger charge is -2.05. The van der Waals surface area contributed by atoms with E-state index in [1.165, 1.54) is 5.56 Å². The zero-order chi connectivity index (χ0) is 10.7. The maximum atomic E-state index is 4.35. The number of benzene rings is 1. The van der Waals surface area contributed by atoms with E-state index in [0.717, 1.165) is 11.5 Å². The molecule has 2 aromatic rings. The third kappa shape index (κ3) is 2.07. The Hall–Kier alpha value is -1.61. The van der Waals surface area contributed by atoms with E-state index in [1.54, 1.807) is 0 Å². The zero-order valence-electron chi connectivity index (χ0n) is 8.99. The molecule has 3 nitrogen and oxygen atoms in total. The molecule has 1 aromatic heterocycles. The smallest absolute Gasteiger partial charge is 0.123 e. The summed E-state index contributed by atoms with van der Waals surface area (Å²) in [6, 6.07) is 10.5. The molecule has 0 saturated carbocycles. The molecule has 0 aliphatic rings. The van der Waals surface area contributed by atoms with Crippen LogP contribution < -0.4 is 5.32 Å². The van der Waals surface area contributed by atoms with E-state index >= 15 is 0 Å². The predicted octanol–water partition coefficient (Wildman–Crippen LogP) is 2.36. The van der Waals surface area contributed by atoms with Crippen LogP contribution in [0.5, 0.6) is 0 Å². The van der Waals surface area contributed by atoms with Crippen LogP contribution in [-0.4, -0.2) is 17.0 Å². The summed E-state index contributed by atoms with van der Waals surface area (Å²) in [5.74, 6) is 0.969. The van der Waals surface area contributed by atoms with Gasteiger partial charge in [0.15, 0.2) is 0 Å². The van der Waals surface area contributed by atoms with Gasteiger partial charge in [-0.15, -0.1) is 0 Å². The molecule has 15 heavy (non-hydrogen) atoms. The van der Waals surface area contributed by atoms with Crippen molar-refractivity contribution in [3.8, 4) is 11.3 Å². The number of nitrogens with one attached hydrogen (secondary N) is 2. The second-order valence-corrected chi connectivity index (χ2v) is 3.56. The SMILES string of the molecule is CN[C@@H](C)c1ncc(-c2ccccc2)[nH]1. The van der Waals surface area contributed by atoms with E-state index in [0.29, 0.717) is 0 Å². The van der Waals surface area contributed by atoms with Crippen molar-refractivity contribution in [1.82, 2.24) is 15.3 Å². The highest BCUT2D eigenvalue weighted by atomic mass is 15.0. The fraction of sp³-hybridized carbons (Fsp3) is 0.250. The summed E-state index contributed by atoms with van der Waals surface area (Å²) in [7, 11) is 1.93. The highest BCUT2D eigenvalue weighted by Crippen LogP contribution is 2.18. The first-order valence-corrected chi connectivity index (χ1v) is 5.09. The molecule has 1 atom stereocenters. The minimum atomic E-state index is 0.252. The molecule has 0 radical (unpaired) electrons. The van der Waals surface area contributed by atoms with Gasteiger partial charge in [0.2, 0.25) is 0 Å². The van der Waals surface area contributed by atoms with Crippen molar-refractivity contribution < 1.29 is 0 Å². The van der Waals surface area contributed by atoms with Crippen LogP contribution >= 0.6 is 0 Å². The average Bonchev–Trinajstić information content (AvgIpc) is 2.78. The molecular weight excluding hydrogens is 186 g/mol. The number of aromatic amines is 1. The van der Waals surface area contributed by atoms with Gasteiger partial charge in [0, 0.05) is 0 Å². The Morgan fingerprint density at radius 2 is 2.00 bits per heavy atom.